The molecule has 114 valence electrons. The molecule has 0 atom stereocenters. The Labute approximate surface area is 128 Å². The number of aryl methyl sites for hydroxylation is 1. The first-order chi connectivity index (χ1) is 11.0. The molecule has 0 saturated heterocycles. The highest BCUT2D eigenvalue weighted by Gasteiger charge is 2.14. The van der Waals surface area contributed by atoms with E-state index in [4.69, 9.17) is 0 Å². The minimum absolute atomic E-state index is 0.135. The first-order valence-electron chi connectivity index (χ1n) is 6.84. The Morgan fingerprint density at radius 2 is 1.96 bits per heavy atom. The summed E-state index contributed by atoms with van der Waals surface area (Å²) in [5, 5.41) is 4.97. The van der Waals surface area contributed by atoms with E-state index in [1.54, 1.807) is 19.3 Å². The van der Waals surface area contributed by atoms with E-state index in [-0.39, 0.29) is 22.3 Å². The predicted molar refractivity (Wildman–Crippen MR) is 81.1 cm³/mol. The van der Waals surface area contributed by atoms with Gasteiger partial charge < -0.3 is 4.57 Å². The largest absolute Gasteiger partial charge is 0.318 e. The lowest BCUT2D eigenvalue weighted by Gasteiger charge is -2.04. The van der Waals surface area contributed by atoms with Crippen LogP contribution in [0.2, 0.25) is 0 Å². The molecule has 0 spiro atoms. The smallest absolute Gasteiger partial charge is 0.258 e. The minimum Gasteiger partial charge on any atom is -0.318 e. The molecular weight excluding hydrogens is 302 g/mol. The third-order valence-electron chi connectivity index (χ3n) is 3.70. The van der Waals surface area contributed by atoms with Crippen molar-refractivity contribution >= 4 is 16.4 Å². The van der Waals surface area contributed by atoms with Crippen molar-refractivity contribution in [3.8, 4) is 11.4 Å². The lowest BCUT2D eigenvalue weighted by atomic mass is 10.1. The number of hydrogen-bond acceptors (Lipinski definition) is 3. The maximum atomic E-state index is 14.4. The molecule has 1 aromatic carbocycles. The van der Waals surface area contributed by atoms with E-state index >= 15 is 0 Å². The Hall–Kier alpha value is -3.09. The van der Waals surface area contributed by atoms with Crippen molar-refractivity contribution in [2.45, 2.75) is 0 Å². The monoisotopic (exact) mass is 312 g/mol. The second kappa shape index (κ2) is 4.70. The Morgan fingerprint density at radius 1 is 1.13 bits per heavy atom. The van der Waals surface area contributed by atoms with Crippen LogP contribution in [0.1, 0.15) is 0 Å². The van der Waals surface area contributed by atoms with Crippen LogP contribution in [0.3, 0.4) is 0 Å². The molecule has 3 aromatic heterocycles. The number of nitrogens with zero attached hydrogens (tertiary/aromatic N) is 4. The first kappa shape index (κ1) is 13.6. The molecule has 0 aliphatic rings. The average molecular weight is 312 g/mol. The number of aromatic nitrogens is 4. The summed E-state index contributed by atoms with van der Waals surface area (Å²) >= 11 is 0. The molecule has 0 fully saturated rings. The number of pyridine rings is 2. The van der Waals surface area contributed by atoms with Gasteiger partial charge in [-0.1, -0.05) is 0 Å². The van der Waals surface area contributed by atoms with Crippen LogP contribution < -0.4 is 5.56 Å². The lowest BCUT2D eigenvalue weighted by molar-refractivity contribution is 0.614. The second-order valence-corrected chi connectivity index (χ2v) is 5.24. The zero-order chi connectivity index (χ0) is 16.1. The van der Waals surface area contributed by atoms with Crippen molar-refractivity contribution in [3.05, 3.63) is 64.7 Å². The van der Waals surface area contributed by atoms with E-state index < -0.39 is 11.6 Å². The normalized spacial score (nSPS) is 11.4. The van der Waals surface area contributed by atoms with Crippen molar-refractivity contribution < 1.29 is 8.78 Å². The summed E-state index contributed by atoms with van der Waals surface area (Å²) in [6, 6.07) is 7.14. The van der Waals surface area contributed by atoms with E-state index in [0.29, 0.717) is 11.0 Å². The zero-order valence-corrected chi connectivity index (χ0v) is 12.0. The number of benzene rings is 1. The van der Waals surface area contributed by atoms with E-state index in [2.05, 4.69) is 10.1 Å². The maximum absolute atomic E-state index is 14.4. The summed E-state index contributed by atoms with van der Waals surface area (Å²) in [6.07, 6.45) is 2.78. The van der Waals surface area contributed by atoms with Crippen LogP contribution in [0, 0.1) is 11.6 Å². The minimum atomic E-state index is -0.600. The number of hydrogen-bond donors (Lipinski definition) is 0. The molecule has 4 rings (SSSR count). The van der Waals surface area contributed by atoms with Crippen molar-refractivity contribution in [1.29, 1.82) is 0 Å². The highest BCUT2D eigenvalue weighted by atomic mass is 19.1. The van der Waals surface area contributed by atoms with Gasteiger partial charge in [0.25, 0.3) is 5.56 Å². The Kier molecular flexibility index (Phi) is 2.77. The summed E-state index contributed by atoms with van der Waals surface area (Å²) in [5.74, 6) is -0.927. The van der Waals surface area contributed by atoms with Crippen LogP contribution in [-0.4, -0.2) is 19.2 Å². The van der Waals surface area contributed by atoms with Gasteiger partial charge in [-0.2, -0.15) is 0 Å². The highest BCUT2D eigenvalue weighted by Crippen LogP contribution is 2.24. The summed E-state index contributed by atoms with van der Waals surface area (Å²) in [5.41, 5.74) is 0.290. The van der Waals surface area contributed by atoms with Gasteiger partial charge in [0.15, 0.2) is 11.5 Å². The van der Waals surface area contributed by atoms with Gasteiger partial charge in [-0.05, 0) is 35.7 Å². The molecule has 4 aromatic rings. The Balaban J connectivity index is 1.98. The molecule has 3 heterocycles. The van der Waals surface area contributed by atoms with Crippen LogP contribution >= 0.6 is 0 Å². The molecule has 7 heteroatoms. The van der Waals surface area contributed by atoms with E-state index in [9.17, 15) is 13.6 Å². The van der Waals surface area contributed by atoms with Crippen LogP contribution in [0.25, 0.3) is 27.8 Å². The summed E-state index contributed by atoms with van der Waals surface area (Å²) < 4.78 is 30.3. The second-order valence-electron chi connectivity index (χ2n) is 5.24. The third-order valence-corrected chi connectivity index (χ3v) is 3.70. The molecule has 0 bridgehead atoms. The van der Waals surface area contributed by atoms with Gasteiger partial charge in [0.05, 0.1) is 17.1 Å². The summed E-state index contributed by atoms with van der Waals surface area (Å²) in [4.78, 5) is 16.2. The molecule has 0 aliphatic heterocycles. The standard InChI is InChI=1S/C16H10F2N4O/c1-21-5-4-9-6-12(13(18)7-11(9)16(21)23)15-19-14-3-2-10(17)8-22(14)20-15/h2-8H,1H3. The molecule has 0 N–H and O–H groups in total. The quantitative estimate of drug-likeness (QED) is 0.543. The number of rotatable bonds is 1. The molecule has 0 unspecified atom stereocenters. The van der Waals surface area contributed by atoms with Gasteiger partial charge in [0.2, 0.25) is 0 Å². The van der Waals surface area contributed by atoms with Gasteiger partial charge in [-0.25, -0.2) is 18.3 Å². The van der Waals surface area contributed by atoms with Crippen LogP contribution in [0.15, 0.2) is 47.5 Å². The number of fused-ring (bicyclic) bond motifs is 2. The molecule has 0 aliphatic carbocycles. The summed E-state index contributed by atoms with van der Waals surface area (Å²) in [6.45, 7) is 0. The molecule has 23 heavy (non-hydrogen) atoms. The molecule has 0 amide bonds. The van der Waals surface area contributed by atoms with Gasteiger partial charge in [0.1, 0.15) is 11.6 Å². The van der Waals surface area contributed by atoms with E-state index in [0.717, 1.165) is 0 Å². The lowest BCUT2D eigenvalue weighted by Crippen LogP contribution is -2.15. The fraction of sp³-hybridized carbons (Fsp3) is 0.0625. The van der Waals surface area contributed by atoms with Crippen molar-refractivity contribution in [1.82, 2.24) is 19.2 Å². The summed E-state index contributed by atoms with van der Waals surface area (Å²) in [7, 11) is 1.60. The van der Waals surface area contributed by atoms with Gasteiger partial charge in [0, 0.05) is 13.2 Å². The fourth-order valence-electron chi connectivity index (χ4n) is 2.51. The third kappa shape index (κ3) is 2.09. The van der Waals surface area contributed by atoms with E-state index in [1.807, 2.05) is 0 Å². The first-order valence-corrected chi connectivity index (χ1v) is 6.84. The molecular formula is C16H10F2N4O. The van der Waals surface area contributed by atoms with Gasteiger partial charge in [-0.15, -0.1) is 5.10 Å². The molecule has 0 radical (unpaired) electrons. The predicted octanol–water partition coefficient (Wildman–Crippen LogP) is 2.53. The SMILES string of the molecule is Cn1ccc2cc(-c3nc4ccc(F)cn4n3)c(F)cc2c1=O. The zero-order valence-electron chi connectivity index (χ0n) is 12.0. The fourth-order valence-corrected chi connectivity index (χ4v) is 2.51. The molecule has 5 nitrogen and oxygen atoms in total. The van der Waals surface area contributed by atoms with Crippen molar-refractivity contribution in [3.63, 3.8) is 0 Å². The van der Waals surface area contributed by atoms with Crippen LogP contribution in [0.4, 0.5) is 8.78 Å². The number of halogens is 2. The van der Waals surface area contributed by atoms with Crippen LogP contribution in [-0.2, 0) is 7.05 Å². The Bertz CT molecular complexity index is 1130. The Morgan fingerprint density at radius 3 is 2.78 bits per heavy atom. The topological polar surface area (TPSA) is 52.2 Å². The van der Waals surface area contributed by atoms with Gasteiger partial charge in [-0.3, -0.25) is 4.79 Å². The van der Waals surface area contributed by atoms with E-state index in [1.165, 1.54) is 39.5 Å². The molecule has 0 saturated carbocycles. The van der Waals surface area contributed by atoms with Crippen LogP contribution in [0.5, 0.6) is 0 Å². The maximum Gasteiger partial charge on any atom is 0.258 e. The van der Waals surface area contributed by atoms with Crippen molar-refractivity contribution in [2.24, 2.45) is 7.05 Å². The van der Waals surface area contributed by atoms with Gasteiger partial charge >= 0.3 is 0 Å². The highest BCUT2D eigenvalue weighted by molar-refractivity contribution is 5.86. The van der Waals surface area contributed by atoms with Crippen molar-refractivity contribution in [2.75, 3.05) is 0 Å². The average Bonchev–Trinajstić information content (AvgIpc) is 2.94.